The monoisotopic (exact) mass is 440 g/mol. The standard InChI is InChI=1S/C19H17F5N6O/c20-15(21)8-30-18-13(4-27-30)26-5-16(28-18)29-6-10-11(7-29)12(10)9-31-14-2-1-3-25-17(14)19(22,23)24/h1-5,10-12,15H,6-9H2/t10-,11+,12?. The van der Waals surface area contributed by atoms with Gasteiger partial charge in [-0.25, -0.2) is 28.4 Å². The number of rotatable bonds is 6. The number of pyridine rings is 1. The number of aromatic nitrogens is 5. The van der Waals surface area contributed by atoms with E-state index < -0.39 is 24.8 Å². The summed E-state index contributed by atoms with van der Waals surface area (Å²) in [6, 6.07) is 2.68. The highest BCUT2D eigenvalue weighted by molar-refractivity contribution is 5.71. The first-order valence-electron chi connectivity index (χ1n) is 9.68. The van der Waals surface area contributed by atoms with Crippen LogP contribution in [0, 0.1) is 17.8 Å². The van der Waals surface area contributed by atoms with Crippen LogP contribution in [0.25, 0.3) is 11.2 Å². The summed E-state index contributed by atoms with van der Waals surface area (Å²) in [6.07, 6.45) is -3.05. The number of fused-ring (bicyclic) bond motifs is 2. The van der Waals surface area contributed by atoms with E-state index >= 15 is 0 Å². The van der Waals surface area contributed by atoms with Gasteiger partial charge in [0, 0.05) is 25.2 Å². The molecule has 7 nitrogen and oxygen atoms in total. The molecular weight excluding hydrogens is 423 g/mol. The number of ether oxygens (including phenoxy) is 1. The normalized spacial score (nSPS) is 22.9. The second kappa shape index (κ2) is 7.27. The Bertz CT molecular complexity index is 1090. The van der Waals surface area contributed by atoms with Crippen LogP contribution < -0.4 is 9.64 Å². The Balaban J connectivity index is 1.22. The third-order valence-electron chi connectivity index (χ3n) is 5.81. The van der Waals surface area contributed by atoms with Crippen molar-refractivity contribution >= 4 is 17.0 Å². The van der Waals surface area contributed by atoms with Gasteiger partial charge in [0.05, 0.1) is 19.0 Å². The summed E-state index contributed by atoms with van der Waals surface area (Å²) >= 11 is 0. The molecule has 12 heteroatoms. The maximum atomic E-state index is 13.0. The van der Waals surface area contributed by atoms with E-state index in [2.05, 4.69) is 20.1 Å². The molecule has 0 amide bonds. The van der Waals surface area contributed by atoms with Gasteiger partial charge in [-0.3, -0.25) is 0 Å². The Morgan fingerprint density at radius 1 is 1.13 bits per heavy atom. The molecule has 1 unspecified atom stereocenters. The predicted octanol–water partition coefficient (Wildman–Crippen LogP) is 3.27. The fourth-order valence-corrected chi connectivity index (χ4v) is 4.25. The first-order valence-corrected chi connectivity index (χ1v) is 9.68. The van der Waals surface area contributed by atoms with Crippen LogP contribution in [-0.2, 0) is 12.7 Å². The number of nitrogens with zero attached hydrogens (tertiary/aromatic N) is 6. The molecule has 1 aliphatic heterocycles. The van der Waals surface area contributed by atoms with Crippen molar-refractivity contribution in [2.24, 2.45) is 17.8 Å². The lowest BCUT2D eigenvalue weighted by Crippen LogP contribution is -2.26. The molecule has 31 heavy (non-hydrogen) atoms. The van der Waals surface area contributed by atoms with Crippen LogP contribution in [0.5, 0.6) is 5.75 Å². The molecule has 2 fully saturated rings. The Kier molecular flexibility index (Phi) is 4.67. The molecular formula is C19H17F5N6O. The molecule has 2 aliphatic rings. The van der Waals surface area contributed by atoms with Gasteiger partial charge in [-0.15, -0.1) is 0 Å². The molecule has 3 aromatic heterocycles. The molecule has 4 heterocycles. The molecule has 0 bridgehead atoms. The molecule has 3 aromatic rings. The largest absolute Gasteiger partial charge is 0.491 e. The Hall–Kier alpha value is -3.05. The summed E-state index contributed by atoms with van der Waals surface area (Å²) < 4.78 is 71.1. The number of anilines is 1. The molecule has 3 atom stereocenters. The second-order valence-corrected chi connectivity index (χ2v) is 7.71. The summed E-state index contributed by atoms with van der Waals surface area (Å²) in [4.78, 5) is 14.1. The van der Waals surface area contributed by atoms with Gasteiger partial charge in [-0.05, 0) is 24.0 Å². The summed E-state index contributed by atoms with van der Waals surface area (Å²) in [5.74, 6) is 1.00. The lowest BCUT2D eigenvalue weighted by molar-refractivity contribution is -0.142. The van der Waals surface area contributed by atoms with Gasteiger partial charge in [0.15, 0.2) is 11.3 Å². The van der Waals surface area contributed by atoms with Crippen LogP contribution in [0.2, 0.25) is 0 Å². The Morgan fingerprint density at radius 2 is 1.90 bits per heavy atom. The minimum Gasteiger partial charge on any atom is -0.491 e. The second-order valence-electron chi connectivity index (χ2n) is 7.71. The highest BCUT2D eigenvalue weighted by atomic mass is 19.4. The molecule has 1 saturated heterocycles. The van der Waals surface area contributed by atoms with Gasteiger partial charge in [0.1, 0.15) is 23.6 Å². The number of alkyl halides is 5. The van der Waals surface area contributed by atoms with E-state index in [0.717, 1.165) is 10.9 Å². The highest BCUT2D eigenvalue weighted by Gasteiger charge is 2.56. The predicted molar refractivity (Wildman–Crippen MR) is 98.7 cm³/mol. The zero-order valence-corrected chi connectivity index (χ0v) is 16.0. The van der Waals surface area contributed by atoms with Crippen LogP contribution in [-0.4, -0.2) is 50.9 Å². The molecule has 0 N–H and O–H groups in total. The lowest BCUT2D eigenvalue weighted by Gasteiger charge is -2.21. The van der Waals surface area contributed by atoms with Crippen LogP contribution >= 0.6 is 0 Å². The summed E-state index contributed by atoms with van der Waals surface area (Å²) in [6.45, 7) is 0.937. The van der Waals surface area contributed by atoms with E-state index in [0.29, 0.717) is 30.1 Å². The number of piperidine rings is 1. The molecule has 5 rings (SSSR count). The maximum Gasteiger partial charge on any atom is 0.437 e. The molecule has 0 spiro atoms. The summed E-state index contributed by atoms with van der Waals surface area (Å²) in [5, 5.41) is 3.91. The van der Waals surface area contributed by atoms with E-state index in [1.54, 1.807) is 6.20 Å². The average molecular weight is 440 g/mol. The topological polar surface area (TPSA) is 69.0 Å². The first kappa shape index (κ1) is 19.9. The molecule has 0 aromatic carbocycles. The minimum atomic E-state index is -4.57. The smallest absolute Gasteiger partial charge is 0.437 e. The SMILES string of the molecule is FC(F)Cn1ncc2ncc(N3C[C@@H]4C(COc5cccnc5C(F)(F)F)[C@@H]4C3)nc21. The van der Waals surface area contributed by atoms with E-state index in [9.17, 15) is 22.0 Å². The van der Waals surface area contributed by atoms with Crippen molar-refractivity contribution in [2.75, 3.05) is 24.6 Å². The summed E-state index contributed by atoms with van der Waals surface area (Å²) in [5.41, 5.74) is -0.280. The van der Waals surface area contributed by atoms with Gasteiger partial charge < -0.3 is 9.64 Å². The van der Waals surface area contributed by atoms with Gasteiger partial charge in [-0.1, -0.05) is 0 Å². The maximum absolute atomic E-state index is 13.0. The number of hydrogen-bond donors (Lipinski definition) is 0. The van der Waals surface area contributed by atoms with Gasteiger partial charge in [0.2, 0.25) is 0 Å². The first-order chi connectivity index (χ1) is 14.8. The van der Waals surface area contributed by atoms with E-state index in [4.69, 9.17) is 4.74 Å². The number of halogens is 5. The van der Waals surface area contributed by atoms with Crippen LogP contribution in [0.1, 0.15) is 5.69 Å². The van der Waals surface area contributed by atoms with E-state index in [1.165, 1.54) is 18.3 Å². The van der Waals surface area contributed by atoms with Crippen LogP contribution in [0.3, 0.4) is 0 Å². The van der Waals surface area contributed by atoms with Crippen molar-refractivity contribution in [3.63, 3.8) is 0 Å². The van der Waals surface area contributed by atoms with Crippen molar-refractivity contribution in [1.29, 1.82) is 0 Å². The van der Waals surface area contributed by atoms with Gasteiger partial charge in [-0.2, -0.15) is 18.3 Å². The third kappa shape index (κ3) is 3.74. The van der Waals surface area contributed by atoms with Crippen molar-refractivity contribution < 1.29 is 26.7 Å². The molecule has 164 valence electrons. The zero-order chi connectivity index (χ0) is 21.8. The summed E-state index contributed by atoms with van der Waals surface area (Å²) in [7, 11) is 0. The lowest BCUT2D eigenvalue weighted by atomic mass is 10.2. The quantitative estimate of drug-likeness (QED) is 0.548. The van der Waals surface area contributed by atoms with Gasteiger partial charge >= 0.3 is 6.18 Å². The van der Waals surface area contributed by atoms with Crippen LogP contribution in [0.15, 0.2) is 30.7 Å². The minimum absolute atomic E-state index is 0.151. The van der Waals surface area contributed by atoms with E-state index in [1.807, 2.05) is 4.90 Å². The van der Waals surface area contributed by atoms with Crippen molar-refractivity contribution in [3.8, 4) is 5.75 Å². The molecule has 0 radical (unpaired) electrons. The fourth-order valence-electron chi connectivity index (χ4n) is 4.25. The Labute approximate surface area is 172 Å². The van der Waals surface area contributed by atoms with Crippen molar-refractivity contribution in [2.45, 2.75) is 19.1 Å². The number of hydrogen-bond acceptors (Lipinski definition) is 6. The van der Waals surface area contributed by atoms with Crippen molar-refractivity contribution in [3.05, 3.63) is 36.4 Å². The third-order valence-corrected chi connectivity index (χ3v) is 5.81. The highest BCUT2D eigenvalue weighted by Crippen LogP contribution is 2.52. The van der Waals surface area contributed by atoms with Gasteiger partial charge in [0.25, 0.3) is 6.43 Å². The Morgan fingerprint density at radius 3 is 2.61 bits per heavy atom. The molecule has 1 saturated carbocycles. The zero-order valence-electron chi connectivity index (χ0n) is 16.0. The molecule has 1 aliphatic carbocycles. The average Bonchev–Trinajstić information content (AvgIpc) is 3.04. The van der Waals surface area contributed by atoms with Crippen molar-refractivity contribution in [1.82, 2.24) is 24.7 Å². The fraction of sp³-hybridized carbons (Fsp3) is 0.474. The van der Waals surface area contributed by atoms with E-state index in [-0.39, 0.29) is 30.1 Å². The van der Waals surface area contributed by atoms with Crippen LogP contribution in [0.4, 0.5) is 27.8 Å².